The maximum absolute atomic E-state index is 13.0. The Bertz CT molecular complexity index is 1000. The van der Waals surface area contributed by atoms with Crippen LogP contribution in [0.2, 0.25) is 0 Å². The molecule has 1 heterocycles. The highest BCUT2D eigenvalue weighted by molar-refractivity contribution is 7.80. The predicted molar refractivity (Wildman–Crippen MR) is 118 cm³/mol. The maximum atomic E-state index is 13.0. The molecular weight excluding hydrogens is 459 g/mol. The molecule has 0 aliphatic heterocycles. The van der Waals surface area contributed by atoms with Crippen LogP contribution in [-0.4, -0.2) is 33.3 Å². The lowest BCUT2D eigenvalue weighted by Gasteiger charge is -2.24. The molecule has 11 heteroatoms. The molecule has 33 heavy (non-hydrogen) atoms. The zero-order valence-electron chi connectivity index (χ0n) is 18.9. The molecule has 1 aromatic carbocycles. The van der Waals surface area contributed by atoms with Gasteiger partial charge in [-0.15, -0.1) is 0 Å². The van der Waals surface area contributed by atoms with Gasteiger partial charge < -0.3 is 18.9 Å². The number of rotatable bonds is 10. The fourth-order valence-corrected chi connectivity index (χ4v) is 3.43. The van der Waals surface area contributed by atoms with Gasteiger partial charge in [0.05, 0.1) is 18.2 Å². The molecule has 0 saturated carbocycles. The van der Waals surface area contributed by atoms with Crippen LogP contribution in [0.1, 0.15) is 55.0 Å². The number of carbonyl (C=O) groups is 1. The molecular formula is C22H27F3N3O4S-. The van der Waals surface area contributed by atoms with Crippen molar-refractivity contribution in [2.45, 2.75) is 52.3 Å². The van der Waals surface area contributed by atoms with Gasteiger partial charge in [-0.1, -0.05) is 25.5 Å². The Kier molecular flexibility index (Phi) is 9.24. The number of hydrogen-bond acceptors (Lipinski definition) is 5. The Morgan fingerprint density at radius 2 is 2.00 bits per heavy atom. The highest BCUT2D eigenvalue weighted by atomic mass is 32.2. The van der Waals surface area contributed by atoms with Crippen LogP contribution < -0.4 is 14.4 Å². The van der Waals surface area contributed by atoms with Crippen LogP contribution in [0.25, 0.3) is 0 Å². The van der Waals surface area contributed by atoms with Crippen LogP contribution in [0.3, 0.4) is 0 Å². The number of aryl methyl sites for hydroxylation is 1. The molecule has 1 N–H and O–H groups in total. The number of benzene rings is 1. The summed E-state index contributed by atoms with van der Waals surface area (Å²) in [5.74, 6) is -1.07. The largest absolute Gasteiger partial charge is 0.755 e. The second-order valence-corrected chi connectivity index (χ2v) is 8.54. The monoisotopic (exact) mass is 486 g/mol. The molecule has 2 rings (SSSR count). The highest BCUT2D eigenvalue weighted by Crippen LogP contribution is 2.30. The average Bonchev–Trinajstić information content (AvgIpc) is 2.76. The quantitative estimate of drug-likeness (QED) is 0.401. The van der Waals surface area contributed by atoms with E-state index in [9.17, 15) is 26.7 Å². The van der Waals surface area contributed by atoms with Crippen LogP contribution >= 0.6 is 0 Å². The van der Waals surface area contributed by atoms with Crippen LogP contribution in [0.5, 0.6) is 5.88 Å². The van der Waals surface area contributed by atoms with Crippen molar-refractivity contribution in [2.75, 3.05) is 18.0 Å². The normalized spacial score (nSPS) is 13.3. The molecule has 0 fully saturated rings. The molecule has 2 aromatic rings. The van der Waals surface area contributed by atoms with Crippen molar-refractivity contribution in [3.8, 4) is 5.88 Å². The second kappa shape index (κ2) is 11.5. The van der Waals surface area contributed by atoms with Gasteiger partial charge in [0, 0.05) is 30.4 Å². The van der Waals surface area contributed by atoms with Crippen LogP contribution in [0, 0.1) is 6.92 Å². The minimum atomic E-state index is -4.60. The number of amides is 1. The summed E-state index contributed by atoms with van der Waals surface area (Å²) in [4.78, 5) is 16.3. The lowest BCUT2D eigenvalue weighted by molar-refractivity contribution is -0.141. The number of alkyl halides is 3. The zero-order valence-corrected chi connectivity index (χ0v) is 19.7. The van der Waals surface area contributed by atoms with Crippen LogP contribution in [0.15, 0.2) is 30.3 Å². The summed E-state index contributed by atoms with van der Waals surface area (Å²) in [5, 5.41) is 2.71. The lowest BCUT2D eigenvalue weighted by Crippen LogP contribution is -2.28. The van der Waals surface area contributed by atoms with Crippen molar-refractivity contribution in [3.63, 3.8) is 0 Å². The lowest BCUT2D eigenvalue weighted by atomic mass is 9.97. The summed E-state index contributed by atoms with van der Waals surface area (Å²) >= 11 is -2.42. The van der Waals surface area contributed by atoms with E-state index >= 15 is 0 Å². The summed E-state index contributed by atoms with van der Waals surface area (Å²) in [6, 6.07) is 7.11. The summed E-state index contributed by atoms with van der Waals surface area (Å²) < 4.78 is 67.9. The van der Waals surface area contributed by atoms with Gasteiger partial charge in [-0.05, 0) is 49.6 Å². The summed E-state index contributed by atoms with van der Waals surface area (Å²) in [6.07, 6.45) is -3.14. The van der Waals surface area contributed by atoms with Gasteiger partial charge in [0.1, 0.15) is 5.69 Å². The van der Waals surface area contributed by atoms with E-state index in [1.807, 2.05) is 6.92 Å². The Labute approximate surface area is 193 Å². The first-order valence-electron chi connectivity index (χ1n) is 10.4. The molecule has 1 amide bonds. The van der Waals surface area contributed by atoms with Crippen molar-refractivity contribution in [3.05, 3.63) is 52.7 Å². The van der Waals surface area contributed by atoms with Crippen LogP contribution in [0.4, 0.5) is 18.9 Å². The van der Waals surface area contributed by atoms with Gasteiger partial charge in [0.25, 0.3) is 0 Å². The number of pyridine rings is 1. The number of ether oxygens (including phenoxy) is 1. The summed E-state index contributed by atoms with van der Waals surface area (Å²) in [7, 11) is 1.42. The second-order valence-electron chi connectivity index (χ2n) is 7.56. The predicted octanol–water partition coefficient (Wildman–Crippen LogP) is 4.24. The molecule has 2 unspecified atom stereocenters. The first-order chi connectivity index (χ1) is 15.5. The Morgan fingerprint density at radius 3 is 2.58 bits per heavy atom. The van der Waals surface area contributed by atoms with Gasteiger partial charge in [-0.3, -0.25) is 9.00 Å². The fraction of sp³-hybridized carbons (Fsp3) is 0.455. The summed E-state index contributed by atoms with van der Waals surface area (Å²) in [5.41, 5.74) is 1.12. The Morgan fingerprint density at radius 1 is 1.30 bits per heavy atom. The van der Waals surface area contributed by atoms with Crippen molar-refractivity contribution in [1.29, 1.82) is 0 Å². The van der Waals surface area contributed by atoms with E-state index in [-0.39, 0.29) is 24.9 Å². The van der Waals surface area contributed by atoms with Crippen LogP contribution in [-0.2, 0) is 28.8 Å². The van der Waals surface area contributed by atoms with Crippen molar-refractivity contribution >= 4 is 22.9 Å². The molecule has 7 nitrogen and oxygen atoms in total. The molecule has 0 spiro atoms. The van der Waals surface area contributed by atoms with Gasteiger partial charge in [0.2, 0.25) is 11.8 Å². The smallest absolute Gasteiger partial charge is 0.433 e. The first kappa shape index (κ1) is 26.6. The molecule has 0 aliphatic rings. The van der Waals surface area contributed by atoms with E-state index in [1.165, 1.54) is 13.1 Å². The number of carbonyl (C=O) groups excluding carboxylic acids is 1. The molecule has 2 atom stereocenters. The van der Waals surface area contributed by atoms with Gasteiger partial charge >= 0.3 is 6.18 Å². The number of unbranched alkanes of at least 4 members (excludes halogenated alkanes) is 1. The van der Waals surface area contributed by atoms with E-state index in [0.717, 1.165) is 16.8 Å². The molecule has 0 saturated heterocycles. The molecule has 1 aromatic heterocycles. The van der Waals surface area contributed by atoms with E-state index in [2.05, 4.69) is 10.3 Å². The number of aromatic nitrogens is 1. The van der Waals surface area contributed by atoms with Crippen molar-refractivity contribution in [1.82, 2.24) is 10.3 Å². The Hall–Kier alpha value is -2.66. The summed E-state index contributed by atoms with van der Waals surface area (Å²) in [6.45, 7) is 5.52. The number of nitrogens with zero attached hydrogens (tertiary/aromatic N) is 2. The number of nitrogens with one attached hydrogen (secondary N) is 1. The maximum Gasteiger partial charge on any atom is 0.433 e. The SMILES string of the molecule is CCCCOc1nc(C(F)(F)F)ccc1CNC(=O)C(C)c1ccc(N(C)S(=O)[O-])c(C)c1. The molecule has 0 aliphatic carbocycles. The fourth-order valence-electron chi connectivity index (χ4n) is 3.07. The number of hydrogen-bond donors (Lipinski definition) is 1. The van der Waals surface area contributed by atoms with Crippen molar-refractivity contribution < 1.29 is 31.5 Å². The van der Waals surface area contributed by atoms with Gasteiger partial charge in [0.15, 0.2) is 0 Å². The molecule has 182 valence electrons. The standard InChI is InChI=1S/C22H28F3N3O4S/c1-5-6-11-32-21-17(8-10-19(27-21)22(23,24)25)13-26-20(29)15(3)16-7-9-18(14(2)12-16)28(4)33(30)31/h7-10,12,15H,5-6,11,13H2,1-4H3,(H,26,29)(H,30,31)/p-1. The molecule has 0 radical (unpaired) electrons. The van der Waals surface area contributed by atoms with E-state index in [0.29, 0.717) is 28.8 Å². The third-order valence-electron chi connectivity index (χ3n) is 5.10. The highest BCUT2D eigenvalue weighted by Gasteiger charge is 2.33. The Balaban J connectivity index is 2.14. The molecule has 0 bridgehead atoms. The minimum Gasteiger partial charge on any atom is -0.755 e. The minimum absolute atomic E-state index is 0.0509. The third-order valence-corrected chi connectivity index (χ3v) is 5.74. The van der Waals surface area contributed by atoms with Gasteiger partial charge in [-0.2, -0.15) is 13.2 Å². The zero-order chi connectivity index (χ0) is 24.8. The van der Waals surface area contributed by atoms with Gasteiger partial charge in [-0.25, -0.2) is 4.98 Å². The first-order valence-corrected chi connectivity index (χ1v) is 11.4. The number of anilines is 1. The van der Waals surface area contributed by atoms with E-state index < -0.39 is 29.1 Å². The van der Waals surface area contributed by atoms with E-state index in [1.54, 1.807) is 32.0 Å². The van der Waals surface area contributed by atoms with Crippen molar-refractivity contribution in [2.24, 2.45) is 0 Å². The third kappa shape index (κ3) is 7.16. The van der Waals surface area contributed by atoms with E-state index in [4.69, 9.17) is 4.74 Å². The average molecular weight is 487 g/mol. The topological polar surface area (TPSA) is 94.6 Å². The number of halogens is 3.